The molecule has 2 aliphatic carbocycles. The Balaban J connectivity index is 1.18. The number of hydrogen-bond donors (Lipinski definition) is 4. The first-order chi connectivity index (χ1) is 20.2. The maximum absolute atomic E-state index is 13.7. The van der Waals surface area contributed by atoms with Gasteiger partial charge in [0.05, 0.1) is 28.2 Å². The highest BCUT2D eigenvalue weighted by molar-refractivity contribution is 8.04. The molecule has 5 aliphatic rings. The molecule has 222 valence electrons. The van der Waals surface area contributed by atoms with Gasteiger partial charge in [0.25, 0.3) is 11.8 Å². The van der Waals surface area contributed by atoms with Gasteiger partial charge in [0.2, 0.25) is 0 Å². The number of nitriles is 1. The predicted octanol–water partition coefficient (Wildman–Crippen LogP) is 3.39. The van der Waals surface area contributed by atoms with Crippen LogP contribution in [-0.2, 0) is 16.0 Å². The summed E-state index contributed by atoms with van der Waals surface area (Å²) >= 11 is 1.47. The first-order valence-electron chi connectivity index (χ1n) is 15.2. The van der Waals surface area contributed by atoms with Gasteiger partial charge in [-0.1, -0.05) is 31.7 Å². The minimum Gasteiger partial charge on any atom is -0.347 e. The molecular formula is C31H39N7O3S. The third-order valence-corrected chi connectivity index (χ3v) is 10.3. The molecule has 0 spiro atoms. The molecular weight excluding hydrogens is 550 g/mol. The molecule has 1 aromatic rings. The highest BCUT2D eigenvalue weighted by Gasteiger charge is 2.52. The number of pyridine rings is 1. The van der Waals surface area contributed by atoms with Crippen molar-refractivity contribution in [2.24, 2.45) is 17.8 Å². The number of amides is 4. The van der Waals surface area contributed by atoms with Gasteiger partial charge in [-0.05, 0) is 81.9 Å². The minimum absolute atomic E-state index is 0.0269. The average Bonchev–Trinajstić information content (AvgIpc) is 3.55. The normalized spacial score (nSPS) is 28.8. The molecule has 1 aromatic heterocycles. The topological polar surface area (TPSA) is 139 Å². The highest BCUT2D eigenvalue weighted by atomic mass is 32.2. The predicted molar refractivity (Wildman–Crippen MR) is 161 cm³/mol. The minimum atomic E-state index is -0.368. The smallest absolute Gasteiger partial charge is 0.326 e. The van der Waals surface area contributed by atoms with Crippen LogP contribution in [0.5, 0.6) is 0 Å². The van der Waals surface area contributed by atoms with Gasteiger partial charge in [0, 0.05) is 29.4 Å². The lowest BCUT2D eigenvalue weighted by Crippen LogP contribution is -2.62. The van der Waals surface area contributed by atoms with Crippen molar-refractivity contribution in [2.75, 3.05) is 11.4 Å². The molecule has 11 heteroatoms. The first-order valence-corrected chi connectivity index (χ1v) is 16.0. The van der Waals surface area contributed by atoms with E-state index in [4.69, 9.17) is 0 Å². The van der Waals surface area contributed by atoms with Gasteiger partial charge in [-0.3, -0.25) is 19.5 Å². The third kappa shape index (κ3) is 5.66. The van der Waals surface area contributed by atoms with E-state index < -0.39 is 0 Å². The number of urea groups is 1. The van der Waals surface area contributed by atoms with Gasteiger partial charge in [0.1, 0.15) is 11.6 Å². The summed E-state index contributed by atoms with van der Waals surface area (Å²) in [5.74, 6) is 0.169. The largest absolute Gasteiger partial charge is 0.347 e. The second-order valence-electron chi connectivity index (χ2n) is 12.6. The van der Waals surface area contributed by atoms with Crippen LogP contribution in [0.3, 0.4) is 0 Å². The fraction of sp³-hybridized carbons (Fsp3) is 0.581. The van der Waals surface area contributed by atoms with Gasteiger partial charge >= 0.3 is 6.03 Å². The van der Waals surface area contributed by atoms with Crippen molar-refractivity contribution in [1.82, 2.24) is 26.3 Å². The van der Waals surface area contributed by atoms with Crippen LogP contribution in [0.25, 0.3) is 0 Å². The second kappa shape index (κ2) is 11.7. The zero-order valence-corrected chi connectivity index (χ0v) is 25.2. The number of hydrogen-bond acceptors (Lipinski definition) is 7. The van der Waals surface area contributed by atoms with Crippen molar-refractivity contribution in [3.63, 3.8) is 0 Å². The maximum atomic E-state index is 13.7. The Bertz CT molecular complexity index is 1400. The molecule has 4 amide bonds. The van der Waals surface area contributed by atoms with Crippen molar-refractivity contribution in [1.29, 1.82) is 5.26 Å². The zero-order chi connectivity index (χ0) is 29.5. The van der Waals surface area contributed by atoms with E-state index >= 15 is 0 Å². The number of piperidine rings is 1. The van der Waals surface area contributed by atoms with Gasteiger partial charge in [-0.2, -0.15) is 5.26 Å². The highest BCUT2D eigenvalue weighted by Crippen LogP contribution is 2.48. The Morgan fingerprint density at radius 3 is 2.67 bits per heavy atom. The lowest BCUT2D eigenvalue weighted by atomic mass is 9.86. The van der Waals surface area contributed by atoms with E-state index in [1.807, 2.05) is 24.1 Å². The molecule has 0 bridgehead atoms. The van der Waals surface area contributed by atoms with E-state index in [0.717, 1.165) is 68.4 Å². The van der Waals surface area contributed by atoms with E-state index in [2.05, 4.69) is 46.2 Å². The summed E-state index contributed by atoms with van der Waals surface area (Å²) in [5.41, 5.74) is 3.68. The first kappa shape index (κ1) is 28.7. The average molecular weight is 590 g/mol. The van der Waals surface area contributed by atoms with Crippen molar-refractivity contribution in [3.8, 4) is 6.07 Å². The van der Waals surface area contributed by atoms with Crippen molar-refractivity contribution < 1.29 is 14.4 Å². The molecule has 4 heterocycles. The maximum Gasteiger partial charge on any atom is 0.326 e. The second-order valence-corrected chi connectivity index (χ2v) is 13.7. The molecule has 4 fully saturated rings. The summed E-state index contributed by atoms with van der Waals surface area (Å²) in [7, 11) is 0. The molecule has 2 saturated carbocycles. The van der Waals surface area contributed by atoms with Crippen LogP contribution in [-0.4, -0.2) is 52.9 Å². The van der Waals surface area contributed by atoms with Crippen molar-refractivity contribution in [3.05, 3.63) is 45.8 Å². The summed E-state index contributed by atoms with van der Waals surface area (Å²) < 4.78 is 0. The number of allylic oxidation sites excluding steroid dienone is 1. The van der Waals surface area contributed by atoms with Gasteiger partial charge < -0.3 is 21.3 Å². The van der Waals surface area contributed by atoms with Crippen LogP contribution in [0.1, 0.15) is 63.6 Å². The molecule has 0 radical (unpaired) electrons. The number of anilines is 1. The zero-order valence-electron chi connectivity index (χ0n) is 24.4. The Morgan fingerprint density at radius 2 is 1.98 bits per heavy atom. The SMILES string of the molecule is Cc1cc(CC(C)C)ncc1N1C(=O)NC2=C(C(=O)N[C@@H]3CCC[C@@H]3NC(=O)/C(C#N)=C/C3CC3)SC3NCCC1C23. The van der Waals surface area contributed by atoms with E-state index in [-0.39, 0.29) is 52.8 Å². The Labute approximate surface area is 251 Å². The van der Waals surface area contributed by atoms with E-state index in [0.29, 0.717) is 22.4 Å². The number of nitrogens with one attached hydrogen (secondary N) is 4. The molecule has 5 atom stereocenters. The lowest BCUT2D eigenvalue weighted by Gasteiger charge is -2.46. The molecule has 0 aromatic carbocycles. The number of carbonyl (C=O) groups excluding carboxylic acids is 3. The molecule has 3 aliphatic heterocycles. The third-order valence-electron chi connectivity index (χ3n) is 8.90. The molecule has 4 N–H and O–H groups in total. The van der Waals surface area contributed by atoms with E-state index in [1.54, 1.807) is 6.08 Å². The molecule has 42 heavy (non-hydrogen) atoms. The van der Waals surface area contributed by atoms with Crippen molar-refractivity contribution >= 4 is 35.3 Å². The Morgan fingerprint density at radius 1 is 1.21 bits per heavy atom. The molecule has 2 saturated heterocycles. The van der Waals surface area contributed by atoms with Crippen LogP contribution in [0.15, 0.2) is 34.5 Å². The van der Waals surface area contributed by atoms with Crippen LogP contribution in [0, 0.1) is 36.0 Å². The fourth-order valence-corrected chi connectivity index (χ4v) is 8.14. The Hall–Kier alpha value is -3.36. The van der Waals surface area contributed by atoms with E-state index in [1.165, 1.54) is 11.8 Å². The molecule has 6 rings (SSSR count). The summed E-state index contributed by atoms with van der Waals surface area (Å²) in [6.07, 6.45) is 9.62. The van der Waals surface area contributed by atoms with Crippen molar-refractivity contribution in [2.45, 2.75) is 89.2 Å². The fourth-order valence-electron chi connectivity index (χ4n) is 6.74. The number of carbonyl (C=O) groups is 3. The summed E-state index contributed by atoms with van der Waals surface area (Å²) in [5, 5.41) is 22.2. The standard InChI is InChI=1S/C31H39N7O3S/c1-16(2)11-20-12-17(3)24(15-34-20)38-23-9-10-33-30-25(23)26(37-31(38)41)27(42-30)29(40)36-22-6-4-5-21(22)35-28(39)19(14-32)13-18-7-8-18/h12-13,15-16,18,21-23,25,30,33H,4-11H2,1-3H3,(H,35,39)(H,36,40)(H,37,41)/b19-13+/t21-,22+,23?,25?,30?/m0/s1. The van der Waals surface area contributed by atoms with Crippen LogP contribution >= 0.6 is 11.8 Å². The summed E-state index contributed by atoms with van der Waals surface area (Å²) in [6.45, 7) is 7.10. The molecule has 10 nitrogen and oxygen atoms in total. The number of rotatable bonds is 8. The van der Waals surface area contributed by atoms with E-state index in [9.17, 15) is 19.6 Å². The summed E-state index contributed by atoms with van der Waals surface area (Å²) in [6, 6.07) is 3.30. The monoisotopic (exact) mass is 589 g/mol. The Kier molecular flexibility index (Phi) is 8.03. The quantitative estimate of drug-likeness (QED) is 0.269. The van der Waals surface area contributed by atoms with Crippen LogP contribution in [0.2, 0.25) is 0 Å². The van der Waals surface area contributed by atoms with Gasteiger partial charge in [-0.25, -0.2) is 4.79 Å². The lowest BCUT2D eigenvalue weighted by molar-refractivity contribution is -0.120. The van der Waals surface area contributed by atoms with Gasteiger partial charge in [-0.15, -0.1) is 0 Å². The van der Waals surface area contributed by atoms with Gasteiger partial charge in [0.15, 0.2) is 0 Å². The number of aryl methyl sites for hydroxylation is 1. The molecule has 3 unspecified atom stereocenters. The number of thioether (sulfide) groups is 1. The number of aromatic nitrogens is 1. The number of nitrogens with zero attached hydrogens (tertiary/aromatic N) is 3. The summed E-state index contributed by atoms with van der Waals surface area (Å²) in [4.78, 5) is 47.1. The van der Waals surface area contributed by atoms with Crippen LogP contribution in [0.4, 0.5) is 10.5 Å². The van der Waals surface area contributed by atoms with Crippen LogP contribution < -0.4 is 26.2 Å².